The number of rotatable bonds is 5. The zero-order valence-corrected chi connectivity index (χ0v) is 12.4. The number of fused-ring (bicyclic) bond motifs is 1. The Kier molecular flexibility index (Phi) is 3.11. The molecule has 0 saturated heterocycles. The maximum Gasteiger partial charge on any atom is 0.231 e. The molecule has 0 aliphatic heterocycles. The molecule has 3 aromatic rings. The number of nitrogens with two attached hydrogens (primary N) is 1. The van der Waals surface area contributed by atoms with Gasteiger partial charge in [0.05, 0.1) is 5.39 Å². The van der Waals surface area contributed by atoms with Gasteiger partial charge in [-0.25, -0.2) is 0 Å². The fraction of sp³-hybridized carbons (Fsp3) is 0.188. The van der Waals surface area contributed by atoms with Crippen molar-refractivity contribution in [1.29, 1.82) is 5.41 Å². The average Bonchev–Trinajstić information content (AvgIpc) is 3.22. The van der Waals surface area contributed by atoms with Crippen LogP contribution in [0.3, 0.4) is 0 Å². The second-order valence-corrected chi connectivity index (χ2v) is 5.67. The van der Waals surface area contributed by atoms with Crippen molar-refractivity contribution in [3.05, 3.63) is 36.0 Å². The van der Waals surface area contributed by atoms with Crippen molar-refractivity contribution in [1.82, 2.24) is 15.0 Å². The summed E-state index contributed by atoms with van der Waals surface area (Å²) in [4.78, 5) is 12.2. The van der Waals surface area contributed by atoms with Gasteiger partial charge < -0.3 is 26.8 Å². The largest absolute Gasteiger partial charge is 0.398 e. The lowest BCUT2D eigenvalue weighted by molar-refractivity contribution is 1.10. The van der Waals surface area contributed by atoms with Crippen molar-refractivity contribution in [2.45, 2.75) is 18.9 Å². The lowest BCUT2D eigenvalue weighted by Crippen LogP contribution is -2.07. The molecule has 1 aromatic carbocycles. The molecular weight excluding hydrogens is 290 g/mol. The maximum absolute atomic E-state index is 7.29. The molecule has 116 valence electrons. The summed E-state index contributed by atoms with van der Waals surface area (Å²) in [6, 6.07) is 7.91. The van der Waals surface area contributed by atoms with Gasteiger partial charge in [-0.05, 0) is 37.1 Å². The second-order valence-electron chi connectivity index (χ2n) is 5.67. The zero-order chi connectivity index (χ0) is 15.8. The van der Waals surface area contributed by atoms with Crippen molar-refractivity contribution in [3.8, 4) is 0 Å². The van der Waals surface area contributed by atoms with Crippen LogP contribution in [0.2, 0.25) is 0 Å². The minimum Gasteiger partial charge on any atom is -0.398 e. The molecule has 23 heavy (non-hydrogen) atoms. The summed E-state index contributed by atoms with van der Waals surface area (Å²) in [5.74, 6) is 1.34. The Labute approximate surface area is 132 Å². The number of H-pyrrole nitrogens is 1. The highest BCUT2D eigenvalue weighted by molar-refractivity contribution is 5.89. The maximum atomic E-state index is 7.29. The van der Waals surface area contributed by atoms with Crippen LogP contribution in [0.4, 0.5) is 23.1 Å². The van der Waals surface area contributed by atoms with Gasteiger partial charge in [0, 0.05) is 35.4 Å². The molecule has 6 N–H and O–H groups in total. The Morgan fingerprint density at radius 2 is 2.13 bits per heavy atom. The topological polar surface area (TPSA) is 116 Å². The quantitative estimate of drug-likeness (QED) is 0.367. The first-order valence-electron chi connectivity index (χ1n) is 7.51. The molecular formula is C16H17N7. The minimum atomic E-state index is 0.505. The third-order valence-electron chi connectivity index (χ3n) is 3.83. The van der Waals surface area contributed by atoms with E-state index in [1.165, 1.54) is 19.1 Å². The van der Waals surface area contributed by atoms with Gasteiger partial charge in [-0.3, -0.25) is 0 Å². The standard InChI is InChI=1S/C16H17N7/c17-8-9-1-2-11(7-13(9)18)21-16-22-14-12(5-6-19-14)15(23-16)20-10-3-4-10/h1-2,5-8,10,17H,3-4,18H2,(H3,19,20,21,22,23). The molecule has 4 rings (SSSR count). The molecule has 0 atom stereocenters. The number of hydrogen-bond donors (Lipinski definition) is 5. The predicted octanol–water partition coefficient (Wildman–Crippen LogP) is 2.86. The molecule has 7 heteroatoms. The van der Waals surface area contributed by atoms with E-state index in [2.05, 4.69) is 25.6 Å². The number of benzene rings is 1. The van der Waals surface area contributed by atoms with Crippen LogP contribution >= 0.6 is 0 Å². The summed E-state index contributed by atoms with van der Waals surface area (Å²) in [5.41, 5.74) is 8.72. The Morgan fingerprint density at radius 3 is 2.87 bits per heavy atom. The smallest absolute Gasteiger partial charge is 0.231 e. The summed E-state index contributed by atoms with van der Waals surface area (Å²) in [6.45, 7) is 0. The number of aromatic amines is 1. The van der Waals surface area contributed by atoms with Crippen LogP contribution < -0.4 is 16.4 Å². The van der Waals surface area contributed by atoms with E-state index >= 15 is 0 Å². The summed E-state index contributed by atoms with van der Waals surface area (Å²) in [5, 5.41) is 14.9. The van der Waals surface area contributed by atoms with Gasteiger partial charge >= 0.3 is 0 Å². The second kappa shape index (κ2) is 5.28. The predicted molar refractivity (Wildman–Crippen MR) is 92.6 cm³/mol. The van der Waals surface area contributed by atoms with E-state index in [-0.39, 0.29) is 0 Å². The van der Waals surface area contributed by atoms with Crippen LogP contribution in [-0.2, 0) is 0 Å². The number of hydrogen-bond acceptors (Lipinski definition) is 6. The molecule has 0 bridgehead atoms. The molecule has 1 fully saturated rings. The van der Waals surface area contributed by atoms with Gasteiger partial charge in [0.2, 0.25) is 5.95 Å². The number of nitrogens with one attached hydrogen (secondary N) is 4. The highest BCUT2D eigenvalue weighted by Gasteiger charge is 2.23. The van der Waals surface area contributed by atoms with Crippen LogP contribution in [0, 0.1) is 5.41 Å². The number of anilines is 4. The molecule has 1 aliphatic carbocycles. The van der Waals surface area contributed by atoms with E-state index in [0.29, 0.717) is 23.2 Å². The number of aromatic nitrogens is 3. The zero-order valence-electron chi connectivity index (χ0n) is 12.4. The van der Waals surface area contributed by atoms with E-state index in [9.17, 15) is 0 Å². The van der Waals surface area contributed by atoms with Gasteiger partial charge in [-0.1, -0.05) is 0 Å². The van der Waals surface area contributed by atoms with Gasteiger partial charge in [-0.2, -0.15) is 9.97 Å². The summed E-state index contributed by atoms with van der Waals surface area (Å²) < 4.78 is 0. The molecule has 0 unspecified atom stereocenters. The fourth-order valence-electron chi connectivity index (χ4n) is 2.44. The van der Waals surface area contributed by atoms with Crippen molar-refractivity contribution >= 4 is 40.4 Å². The molecule has 1 saturated carbocycles. The van der Waals surface area contributed by atoms with Gasteiger partial charge in [0.25, 0.3) is 0 Å². The Bertz CT molecular complexity index is 879. The third kappa shape index (κ3) is 2.68. The van der Waals surface area contributed by atoms with Crippen molar-refractivity contribution in [2.75, 3.05) is 16.4 Å². The van der Waals surface area contributed by atoms with Gasteiger partial charge in [0.1, 0.15) is 11.5 Å². The molecule has 0 amide bonds. The highest BCUT2D eigenvalue weighted by atomic mass is 15.2. The first-order valence-corrected chi connectivity index (χ1v) is 7.51. The molecule has 2 aromatic heterocycles. The number of nitrogen functional groups attached to an aromatic ring is 1. The van der Waals surface area contributed by atoms with Crippen LogP contribution in [0.15, 0.2) is 30.5 Å². The Balaban J connectivity index is 1.67. The Morgan fingerprint density at radius 1 is 1.26 bits per heavy atom. The first kappa shape index (κ1) is 13.6. The lowest BCUT2D eigenvalue weighted by Gasteiger charge is -2.10. The van der Waals surface area contributed by atoms with Crippen molar-refractivity contribution < 1.29 is 0 Å². The summed E-state index contributed by atoms with van der Waals surface area (Å²) in [7, 11) is 0. The van der Waals surface area contributed by atoms with E-state index in [1.54, 1.807) is 12.1 Å². The molecule has 7 nitrogen and oxygen atoms in total. The van der Waals surface area contributed by atoms with E-state index in [4.69, 9.17) is 11.1 Å². The van der Waals surface area contributed by atoms with Gasteiger partial charge in [0.15, 0.2) is 0 Å². The molecule has 2 heterocycles. The summed E-state index contributed by atoms with van der Waals surface area (Å²) >= 11 is 0. The fourth-order valence-corrected chi connectivity index (χ4v) is 2.44. The first-order chi connectivity index (χ1) is 11.2. The lowest BCUT2D eigenvalue weighted by atomic mass is 10.2. The summed E-state index contributed by atoms with van der Waals surface area (Å²) in [6.07, 6.45) is 5.46. The Hall–Kier alpha value is -3.09. The SMILES string of the molecule is N=Cc1ccc(Nc2nc(NC3CC3)c3cc[nH]c3n2)cc1N. The van der Waals surface area contributed by atoms with Crippen LogP contribution in [0.1, 0.15) is 18.4 Å². The van der Waals surface area contributed by atoms with Gasteiger partial charge in [-0.15, -0.1) is 0 Å². The van der Waals surface area contributed by atoms with Crippen molar-refractivity contribution in [2.24, 2.45) is 0 Å². The highest BCUT2D eigenvalue weighted by Crippen LogP contribution is 2.29. The van der Waals surface area contributed by atoms with E-state index in [0.717, 1.165) is 22.5 Å². The van der Waals surface area contributed by atoms with Crippen LogP contribution in [0.5, 0.6) is 0 Å². The minimum absolute atomic E-state index is 0.505. The third-order valence-corrected chi connectivity index (χ3v) is 3.83. The van der Waals surface area contributed by atoms with E-state index in [1.807, 2.05) is 18.3 Å². The molecule has 0 radical (unpaired) electrons. The van der Waals surface area contributed by atoms with Crippen LogP contribution in [-0.4, -0.2) is 27.2 Å². The number of nitrogens with zero attached hydrogens (tertiary/aromatic N) is 2. The average molecular weight is 307 g/mol. The van der Waals surface area contributed by atoms with Crippen molar-refractivity contribution in [3.63, 3.8) is 0 Å². The van der Waals surface area contributed by atoms with E-state index < -0.39 is 0 Å². The molecule has 1 aliphatic rings. The normalized spacial score (nSPS) is 13.9. The molecule has 0 spiro atoms. The monoisotopic (exact) mass is 307 g/mol. The van der Waals surface area contributed by atoms with Crippen LogP contribution in [0.25, 0.3) is 11.0 Å².